The van der Waals surface area contributed by atoms with Gasteiger partial charge in [0, 0.05) is 37.9 Å². The minimum atomic E-state index is 0.0852. The molecule has 2 aromatic rings. The van der Waals surface area contributed by atoms with Crippen LogP contribution in [-0.2, 0) is 4.74 Å². The van der Waals surface area contributed by atoms with Gasteiger partial charge in [0.05, 0.1) is 12.1 Å². The number of hydrogen-bond donors (Lipinski definition) is 1. The van der Waals surface area contributed by atoms with E-state index >= 15 is 0 Å². The molecule has 0 bridgehead atoms. The fraction of sp³-hybridized carbons (Fsp3) is 0.625. The lowest BCUT2D eigenvalue weighted by Gasteiger charge is -2.22. The molecule has 7 heteroatoms. The molecule has 1 aliphatic carbocycles. The molecule has 122 valence electrons. The molecule has 2 fully saturated rings. The molecule has 0 aromatic carbocycles. The van der Waals surface area contributed by atoms with Gasteiger partial charge >= 0.3 is 0 Å². The Hall–Kier alpha value is -2.02. The molecule has 0 radical (unpaired) electrons. The van der Waals surface area contributed by atoms with E-state index in [0.717, 1.165) is 41.8 Å². The van der Waals surface area contributed by atoms with Crippen LogP contribution in [0.3, 0.4) is 0 Å². The SMILES string of the molecule is CO[C@@H]1C[C@@H](c2nc(C3CC3)n[nH]2)N(c2ncc(C)c(C)n2)C1. The quantitative estimate of drug-likeness (QED) is 0.930. The first kappa shape index (κ1) is 14.6. The lowest BCUT2D eigenvalue weighted by molar-refractivity contribution is 0.118. The summed E-state index contributed by atoms with van der Waals surface area (Å²) in [7, 11) is 1.75. The Morgan fingerprint density at radius 2 is 2.09 bits per heavy atom. The van der Waals surface area contributed by atoms with Gasteiger partial charge < -0.3 is 9.64 Å². The van der Waals surface area contributed by atoms with Gasteiger partial charge in [0.2, 0.25) is 5.95 Å². The Morgan fingerprint density at radius 3 is 2.78 bits per heavy atom. The monoisotopic (exact) mass is 314 g/mol. The average molecular weight is 314 g/mol. The van der Waals surface area contributed by atoms with Crippen molar-refractivity contribution in [3.8, 4) is 0 Å². The van der Waals surface area contributed by atoms with Gasteiger partial charge in [0.1, 0.15) is 5.82 Å². The molecule has 1 aliphatic heterocycles. The second kappa shape index (κ2) is 5.56. The highest BCUT2D eigenvalue weighted by atomic mass is 16.5. The van der Waals surface area contributed by atoms with Crippen LogP contribution in [-0.4, -0.2) is 44.9 Å². The fourth-order valence-electron chi connectivity index (χ4n) is 3.06. The first-order valence-electron chi connectivity index (χ1n) is 8.17. The number of H-pyrrole nitrogens is 1. The van der Waals surface area contributed by atoms with Gasteiger partial charge in [-0.15, -0.1) is 0 Å². The zero-order valence-corrected chi connectivity index (χ0v) is 13.8. The van der Waals surface area contributed by atoms with Gasteiger partial charge in [-0.2, -0.15) is 5.10 Å². The Balaban J connectivity index is 1.65. The van der Waals surface area contributed by atoms with Gasteiger partial charge in [-0.3, -0.25) is 5.10 Å². The molecule has 0 unspecified atom stereocenters. The Bertz CT molecular complexity index is 710. The largest absolute Gasteiger partial charge is 0.380 e. The lowest BCUT2D eigenvalue weighted by atomic mass is 10.2. The van der Waals surface area contributed by atoms with E-state index in [1.807, 2.05) is 20.0 Å². The number of hydrogen-bond acceptors (Lipinski definition) is 6. The maximum atomic E-state index is 5.58. The molecule has 7 nitrogen and oxygen atoms in total. The normalized spacial score (nSPS) is 24.4. The van der Waals surface area contributed by atoms with E-state index in [0.29, 0.717) is 5.92 Å². The molecule has 3 heterocycles. The highest BCUT2D eigenvalue weighted by Crippen LogP contribution is 2.39. The second-order valence-corrected chi connectivity index (χ2v) is 6.55. The van der Waals surface area contributed by atoms with Crippen LogP contribution < -0.4 is 4.90 Å². The van der Waals surface area contributed by atoms with Crippen molar-refractivity contribution in [3.63, 3.8) is 0 Å². The van der Waals surface area contributed by atoms with Crippen molar-refractivity contribution in [2.24, 2.45) is 0 Å². The maximum absolute atomic E-state index is 5.58. The van der Waals surface area contributed by atoms with Crippen LogP contribution in [0.4, 0.5) is 5.95 Å². The summed E-state index contributed by atoms with van der Waals surface area (Å²) in [5.41, 5.74) is 2.11. The summed E-state index contributed by atoms with van der Waals surface area (Å²) in [5.74, 6) is 3.13. The highest BCUT2D eigenvalue weighted by Gasteiger charge is 2.38. The van der Waals surface area contributed by atoms with Crippen molar-refractivity contribution in [2.75, 3.05) is 18.6 Å². The topological polar surface area (TPSA) is 79.8 Å². The van der Waals surface area contributed by atoms with Crippen molar-refractivity contribution in [1.82, 2.24) is 25.1 Å². The molecular weight excluding hydrogens is 292 g/mol. The Morgan fingerprint density at radius 1 is 1.26 bits per heavy atom. The van der Waals surface area contributed by atoms with Crippen molar-refractivity contribution in [1.29, 1.82) is 0 Å². The minimum Gasteiger partial charge on any atom is -0.380 e. The molecule has 0 amide bonds. The van der Waals surface area contributed by atoms with E-state index in [4.69, 9.17) is 9.72 Å². The van der Waals surface area contributed by atoms with E-state index in [1.165, 1.54) is 12.8 Å². The summed E-state index contributed by atoms with van der Waals surface area (Å²) < 4.78 is 5.58. The smallest absolute Gasteiger partial charge is 0.226 e. The van der Waals surface area contributed by atoms with Crippen molar-refractivity contribution < 1.29 is 4.74 Å². The number of anilines is 1. The number of ether oxygens (including phenoxy) is 1. The maximum Gasteiger partial charge on any atom is 0.226 e. The summed E-state index contributed by atoms with van der Waals surface area (Å²) >= 11 is 0. The lowest BCUT2D eigenvalue weighted by Crippen LogP contribution is -2.27. The standard InChI is InChI=1S/C16H22N6O/c1-9-7-17-16(18-10(9)2)22-8-12(23-3)6-13(22)15-19-14(20-21-15)11-4-5-11/h7,11-13H,4-6,8H2,1-3H3,(H,19,20,21)/t12-,13+/m1/s1. The molecule has 23 heavy (non-hydrogen) atoms. The highest BCUT2D eigenvalue weighted by molar-refractivity contribution is 5.38. The molecule has 2 aliphatic rings. The number of aromatic nitrogens is 5. The minimum absolute atomic E-state index is 0.0852. The molecule has 2 atom stereocenters. The predicted molar refractivity (Wildman–Crippen MR) is 85.4 cm³/mol. The zero-order chi connectivity index (χ0) is 16.0. The molecule has 1 N–H and O–H groups in total. The van der Waals surface area contributed by atoms with Gasteiger partial charge in [-0.1, -0.05) is 0 Å². The van der Waals surface area contributed by atoms with Crippen molar-refractivity contribution in [2.45, 2.75) is 51.2 Å². The van der Waals surface area contributed by atoms with Gasteiger partial charge in [-0.05, 0) is 32.3 Å². The fourth-order valence-corrected chi connectivity index (χ4v) is 3.06. The molecule has 1 saturated heterocycles. The third-order valence-corrected chi connectivity index (χ3v) is 4.84. The summed E-state index contributed by atoms with van der Waals surface area (Å²) in [5, 5.41) is 7.51. The number of methoxy groups -OCH3 is 1. The second-order valence-electron chi connectivity index (χ2n) is 6.55. The molecule has 2 aromatic heterocycles. The molecule has 0 spiro atoms. The van der Waals surface area contributed by atoms with Crippen molar-refractivity contribution in [3.05, 3.63) is 29.1 Å². The Labute approximate surface area is 135 Å². The number of nitrogens with one attached hydrogen (secondary N) is 1. The molecule has 1 saturated carbocycles. The third-order valence-electron chi connectivity index (χ3n) is 4.84. The van der Waals surface area contributed by atoms with Gasteiger partial charge in [0.15, 0.2) is 5.82 Å². The van der Waals surface area contributed by atoms with Crippen LogP contribution in [0, 0.1) is 13.8 Å². The summed E-state index contributed by atoms with van der Waals surface area (Å²) in [6.07, 6.45) is 5.30. The summed E-state index contributed by atoms with van der Waals surface area (Å²) in [6, 6.07) is 0.0852. The van der Waals surface area contributed by atoms with E-state index in [2.05, 4.69) is 25.1 Å². The van der Waals surface area contributed by atoms with Crippen LogP contribution in [0.25, 0.3) is 0 Å². The first-order valence-corrected chi connectivity index (χ1v) is 8.17. The van der Waals surface area contributed by atoms with Crippen molar-refractivity contribution >= 4 is 5.95 Å². The summed E-state index contributed by atoms with van der Waals surface area (Å²) in [6.45, 7) is 4.80. The Kier molecular flexibility index (Phi) is 3.52. The number of nitrogens with zero attached hydrogens (tertiary/aromatic N) is 5. The van der Waals surface area contributed by atoms with Gasteiger partial charge in [0.25, 0.3) is 0 Å². The molecule has 4 rings (SSSR count). The third kappa shape index (κ3) is 2.69. The number of aromatic amines is 1. The van der Waals surface area contributed by atoms with E-state index in [9.17, 15) is 0 Å². The zero-order valence-electron chi connectivity index (χ0n) is 13.8. The van der Waals surface area contributed by atoms with E-state index in [1.54, 1.807) is 7.11 Å². The van der Waals surface area contributed by atoms with Crippen LogP contribution in [0.2, 0.25) is 0 Å². The van der Waals surface area contributed by atoms with E-state index < -0.39 is 0 Å². The van der Waals surface area contributed by atoms with Crippen LogP contribution in [0.1, 0.15) is 54.1 Å². The van der Waals surface area contributed by atoms with Crippen LogP contribution >= 0.6 is 0 Å². The predicted octanol–water partition coefficient (Wildman–Crippen LogP) is 2.06. The first-order chi connectivity index (χ1) is 11.2. The number of rotatable bonds is 4. The van der Waals surface area contributed by atoms with Crippen LogP contribution in [0.5, 0.6) is 0 Å². The molecular formula is C16H22N6O. The average Bonchev–Trinajstić information content (AvgIpc) is 3.12. The van der Waals surface area contributed by atoms with Gasteiger partial charge in [-0.25, -0.2) is 15.0 Å². The van der Waals surface area contributed by atoms with Crippen LogP contribution in [0.15, 0.2) is 6.20 Å². The summed E-state index contributed by atoms with van der Waals surface area (Å²) in [4.78, 5) is 16.1. The number of aryl methyl sites for hydroxylation is 2. The van der Waals surface area contributed by atoms with E-state index in [-0.39, 0.29) is 12.1 Å².